The van der Waals surface area contributed by atoms with Gasteiger partial charge in [-0.25, -0.2) is 0 Å². The van der Waals surface area contributed by atoms with Gasteiger partial charge in [-0.2, -0.15) is 0 Å². The van der Waals surface area contributed by atoms with Gasteiger partial charge in [0.05, 0.1) is 13.0 Å². The number of ether oxygens (including phenoxy) is 1. The number of methoxy groups -OCH3 is 1. The summed E-state index contributed by atoms with van der Waals surface area (Å²) in [5, 5.41) is 3.65. The molecule has 2 fully saturated rings. The molecule has 2 aliphatic rings. The predicted molar refractivity (Wildman–Crippen MR) is 129 cm³/mol. The molecule has 4 rings (SSSR count). The van der Waals surface area contributed by atoms with Crippen LogP contribution in [0.3, 0.4) is 0 Å². The van der Waals surface area contributed by atoms with Crippen LogP contribution in [-0.4, -0.2) is 74.2 Å². The van der Waals surface area contributed by atoms with E-state index in [-0.39, 0.29) is 30.7 Å². The van der Waals surface area contributed by atoms with Crippen LogP contribution in [0.15, 0.2) is 60.7 Å². The number of hydrogen-bond acceptors (Lipinski definition) is 4. The fourth-order valence-electron chi connectivity index (χ4n) is 4.84. The van der Waals surface area contributed by atoms with E-state index in [1.54, 1.807) is 7.11 Å². The van der Waals surface area contributed by atoms with E-state index in [0.717, 1.165) is 32.7 Å². The highest BCUT2D eigenvalue weighted by atomic mass is 35.5. The second-order valence-electron chi connectivity index (χ2n) is 8.00. The molecule has 2 aromatic carbocycles. The molecular formula is C24H33Cl2N3O2. The third-order valence-corrected chi connectivity index (χ3v) is 6.26. The molecule has 0 saturated carbocycles. The number of nitrogens with zero attached hydrogens (tertiary/aromatic N) is 2. The molecule has 2 saturated heterocycles. The predicted octanol–water partition coefficient (Wildman–Crippen LogP) is 3.18. The Morgan fingerprint density at radius 2 is 1.61 bits per heavy atom. The molecule has 0 bridgehead atoms. The van der Waals surface area contributed by atoms with Crippen molar-refractivity contribution in [1.82, 2.24) is 15.1 Å². The summed E-state index contributed by atoms with van der Waals surface area (Å²) in [6.45, 7) is 4.90. The van der Waals surface area contributed by atoms with Crippen molar-refractivity contribution in [3.63, 3.8) is 0 Å². The average molecular weight is 466 g/mol. The van der Waals surface area contributed by atoms with E-state index in [4.69, 9.17) is 4.74 Å². The molecule has 0 spiro atoms. The Morgan fingerprint density at radius 1 is 1.00 bits per heavy atom. The molecule has 1 unspecified atom stereocenters. The molecule has 7 heteroatoms. The third-order valence-electron chi connectivity index (χ3n) is 6.26. The van der Waals surface area contributed by atoms with Crippen molar-refractivity contribution in [3.8, 4) is 0 Å². The maximum atomic E-state index is 12.5. The van der Waals surface area contributed by atoms with E-state index >= 15 is 0 Å². The zero-order valence-electron chi connectivity index (χ0n) is 18.0. The van der Waals surface area contributed by atoms with E-state index in [1.807, 2.05) is 4.90 Å². The Balaban J connectivity index is 0.00000171. The van der Waals surface area contributed by atoms with Crippen LogP contribution in [0, 0.1) is 0 Å². The highest BCUT2D eigenvalue weighted by Crippen LogP contribution is 2.33. The Morgan fingerprint density at radius 3 is 2.19 bits per heavy atom. The molecule has 1 amide bonds. The van der Waals surface area contributed by atoms with Gasteiger partial charge in [-0.15, -0.1) is 24.8 Å². The zero-order chi connectivity index (χ0) is 20.1. The van der Waals surface area contributed by atoms with Crippen molar-refractivity contribution in [2.24, 2.45) is 0 Å². The number of fused-ring (bicyclic) bond motifs is 1. The van der Waals surface area contributed by atoms with Gasteiger partial charge in [-0.05, 0) is 11.1 Å². The van der Waals surface area contributed by atoms with Gasteiger partial charge in [0, 0.05) is 57.8 Å². The Labute approximate surface area is 198 Å². The number of carbonyl (C=O) groups is 1. The molecule has 2 aromatic rings. The molecule has 0 aromatic heterocycles. The van der Waals surface area contributed by atoms with E-state index in [2.05, 4.69) is 70.9 Å². The maximum absolute atomic E-state index is 12.5. The third kappa shape index (κ3) is 5.99. The van der Waals surface area contributed by atoms with Gasteiger partial charge in [0.1, 0.15) is 0 Å². The van der Waals surface area contributed by atoms with Crippen LogP contribution in [0.2, 0.25) is 0 Å². The summed E-state index contributed by atoms with van der Waals surface area (Å²) in [6.07, 6.45) is 0.469. The summed E-state index contributed by atoms with van der Waals surface area (Å²) < 4.78 is 5.09. The Hall–Kier alpha value is -1.63. The van der Waals surface area contributed by atoms with Crippen LogP contribution < -0.4 is 5.32 Å². The molecule has 31 heavy (non-hydrogen) atoms. The first-order chi connectivity index (χ1) is 14.3. The summed E-state index contributed by atoms with van der Waals surface area (Å²) in [4.78, 5) is 17.2. The topological polar surface area (TPSA) is 44.8 Å². The van der Waals surface area contributed by atoms with Gasteiger partial charge in [0.15, 0.2) is 0 Å². The highest BCUT2D eigenvalue weighted by molar-refractivity contribution is 5.85. The van der Waals surface area contributed by atoms with Crippen LogP contribution in [0.5, 0.6) is 0 Å². The van der Waals surface area contributed by atoms with Gasteiger partial charge < -0.3 is 15.0 Å². The van der Waals surface area contributed by atoms with Gasteiger partial charge in [-0.1, -0.05) is 60.7 Å². The number of nitrogens with one attached hydrogen (secondary N) is 1. The van der Waals surface area contributed by atoms with E-state index in [0.29, 0.717) is 31.0 Å². The molecule has 0 radical (unpaired) electrons. The Bertz CT molecular complexity index is 754. The lowest BCUT2D eigenvalue weighted by Gasteiger charge is -2.50. The van der Waals surface area contributed by atoms with E-state index < -0.39 is 0 Å². The van der Waals surface area contributed by atoms with Crippen LogP contribution in [0.25, 0.3) is 0 Å². The first-order valence-electron chi connectivity index (χ1n) is 10.6. The molecule has 2 atom stereocenters. The number of amides is 1. The van der Waals surface area contributed by atoms with Crippen molar-refractivity contribution in [1.29, 1.82) is 0 Å². The first-order valence-corrected chi connectivity index (χ1v) is 10.6. The summed E-state index contributed by atoms with van der Waals surface area (Å²) in [6, 6.07) is 22.4. The number of carbonyl (C=O) groups excluding carboxylic acids is 1. The summed E-state index contributed by atoms with van der Waals surface area (Å²) in [5.41, 5.74) is 2.70. The monoisotopic (exact) mass is 465 g/mol. The standard InChI is InChI=1S/C24H31N3O2.2ClH/c1-29-15-12-23(28)26-13-14-27-21(18-26)16-25-17-22(27)24(19-8-4-2-5-9-19)20-10-6-3-7-11-20;;/h2-11,21-22,24-25H,12-18H2,1H3;2*1H/t21-,22?;;/m1../s1. The zero-order valence-corrected chi connectivity index (χ0v) is 19.6. The largest absolute Gasteiger partial charge is 0.384 e. The molecule has 170 valence electrons. The first kappa shape index (κ1) is 25.6. The number of halogens is 2. The fraction of sp³-hybridized carbons (Fsp3) is 0.458. The molecule has 2 aliphatic heterocycles. The second kappa shape index (κ2) is 12.4. The van der Waals surface area contributed by atoms with Gasteiger partial charge in [0.25, 0.3) is 0 Å². The molecule has 5 nitrogen and oxygen atoms in total. The number of benzene rings is 2. The minimum atomic E-state index is 0. The van der Waals surface area contributed by atoms with Crippen molar-refractivity contribution in [2.45, 2.75) is 24.4 Å². The summed E-state index contributed by atoms with van der Waals surface area (Å²) in [7, 11) is 1.65. The van der Waals surface area contributed by atoms with Crippen LogP contribution in [0.4, 0.5) is 0 Å². The molecular weight excluding hydrogens is 433 g/mol. The van der Waals surface area contributed by atoms with Crippen LogP contribution >= 0.6 is 24.8 Å². The van der Waals surface area contributed by atoms with Crippen LogP contribution in [-0.2, 0) is 9.53 Å². The van der Waals surface area contributed by atoms with Crippen molar-refractivity contribution < 1.29 is 9.53 Å². The fourth-order valence-corrected chi connectivity index (χ4v) is 4.84. The molecule has 1 N–H and O–H groups in total. The van der Waals surface area contributed by atoms with Crippen molar-refractivity contribution >= 4 is 30.7 Å². The van der Waals surface area contributed by atoms with Gasteiger partial charge in [0.2, 0.25) is 5.91 Å². The summed E-state index contributed by atoms with van der Waals surface area (Å²) in [5.74, 6) is 0.514. The van der Waals surface area contributed by atoms with Crippen molar-refractivity contribution in [3.05, 3.63) is 71.8 Å². The molecule has 0 aliphatic carbocycles. The van der Waals surface area contributed by atoms with Gasteiger partial charge in [-0.3, -0.25) is 9.69 Å². The average Bonchev–Trinajstić information content (AvgIpc) is 2.79. The number of rotatable bonds is 6. The quantitative estimate of drug-likeness (QED) is 0.711. The lowest BCUT2D eigenvalue weighted by atomic mass is 9.82. The number of hydrogen-bond donors (Lipinski definition) is 1. The Kier molecular flexibility index (Phi) is 10.3. The maximum Gasteiger partial charge on any atom is 0.224 e. The van der Waals surface area contributed by atoms with E-state index in [9.17, 15) is 4.79 Å². The van der Waals surface area contributed by atoms with Crippen molar-refractivity contribution in [2.75, 3.05) is 46.4 Å². The van der Waals surface area contributed by atoms with E-state index in [1.165, 1.54) is 11.1 Å². The lowest BCUT2D eigenvalue weighted by molar-refractivity contribution is -0.136. The van der Waals surface area contributed by atoms with Gasteiger partial charge >= 0.3 is 0 Å². The minimum absolute atomic E-state index is 0. The SMILES string of the molecule is COCCC(=O)N1CCN2C(C(c3ccccc3)c3ccccc3)CNC[C@@H]2C1.Cl.Cl. The summed E-state index contributed by atoms with van der Waals surface area (Å²) >= 11 is 0. The highest BCUT2D eigenvalue weighted by Gasteiger charge is 2.40. The lowest BCUT2D eigenvalue weighted by Crippen LogP contribution is -2.66. The normalized spacial score (nSPS) is 21.0. The second-order valence-corrected chi connectivity index (χ2v) is 8.00. The number of piperazine rings is 2. The smallest absolute Gasteiger partial charge is 0.224 e. The minimum Gasteiger partial charge on any atom is -0.384 e. The molecule has 2 heterocycles. The van der Waals surface area contributed by atoms with Crippen LogP contribution in [0.1, 0.15) is 23.5 Å².